The number of nitrogens with zero attached hydrogens (tertiary/aromatic N) is 2. The summed E-state index contributed by atoms with van der Waals surface area (Å²) in [4.78, 5) is 33.6. The molecular weight excluding hydrogens is 407 g/mol. The number of fused-ring (bicyclic) bond motifs is 1. The van der Waals surface area contributed by atoms with E-state index in [1.807, 2.05) is 60.7 Å². The molecule has 5 nitrogen and oxygen atoms in total. The van der Waals surface area contributed by atoms with Gasteiger partial charge in [0.1, 0.15) is 11.7 Å². The number of carbonyl (C=O) groups is 2. The van der Waals surface area contributed by atoms with Crippen molar-refractivity contribution in [3.8, 4) is 0 Å². The molecule has 0 radical (unpaired) electrons. The number of carbonyl (C=O) groups excluding carboxylic acids is 2. The summed E-state index contributed by atoms with van der Waals surface area (Å²) in [6.07, 6.45) is -0.998. The first-order valence-corrected chi connectivity index (χ1v) is 9.83. The van der Waals surface area contributed by atoms with E-state index in [1.54, 1.807) is 5.06 Å². The molecule has 2 heterocycles. The SMILES string of the molecule is O=C1[C@@H]2[C@H](ON(c3ccccc3)[C@@H]2c2ccccc2)C(=O)N1c1ccc(Cl)c(F)c1. The zero-order chi connectivity index (χ0) is 20.8. The van der Waals surface area contributed by atoms with Crippen LogP contribution >= 0.6 is 11.6 Å². The highest BCUT2D eigenvalue weighted by Gasteiger charge is 2.60. The highest BCUT2D eigenvalue weighted by molar-refractivity contribution is 6.31. The van der Waals surface area contributed by atoms with Gasteiger partial charge in [-0.15, -0.1) is 0 Å². The van der Waals surface area contributed by atoms with Crippen LogP contribution in [0.5, 0.6) is 0 Å². The summed E-state index contributed by atoms with van der Waals surface area (Å²) in [7, 11) is 0. The van der Waals surface area contributed by atoms with Crippen LogP contribution in [-0.4, -0.2) is 17.9 Å². The van der Waals surface area contributed by atoms with Crippen molar-refractivity contribution in [2.75, 3.05) is 9.96 Å². The molecule has 5 rings (SSSR count). The van der Waals surface area contributed by atoms with Crippen molar-refractivity contribution in [2.24, 2.45) is 5.92 Å². The van der Waals surface area contributed by atoms with Crippen LogP contribution < -0.4 is 9.96 Å². The second kappa shape index (κ2) is 7.23. The minimum atomic E-state index is -0.998. The number of rotatable bonds is 3. The minimum Gasteiger partial charge on any atom is -0.273 e. The topological polar surface area (TPSA) is 49.9 Å². The third-order valence-electron chi connectivity index (χ3n) is 5.43. The van der Waals surface area contributed by atoms with Crippen LogP contribution in [0.15, 0.2) is 78.9 Å². The summed E-state index contributed by atoms with van der Waals surface area (Å²) in [5.41, 5.74) is 1.73. The highest BCUT2D eigenvalue weighted by atomic mass is 35.5. The molecule has 0 saturated carbocycles. The van der Waals surface area contributed by atoms with Crippen LogP contribution in [0.1, 0.15) is 11.6 Å². The van der Waals surface area contributed by atoms with Gasteiger partial charge in [-0.3, -0.25) is 14.4 Å². The Morgan fingerprint density at radius 1 is 0.833 bits per heavy atom. The molecule has 3 aromatic carbocycles. The summed E-state index contributed by atoms with van der Waals surface area (Å²) in [6, 6.07) is 22.1. The summed E-state index contributed by atoms with van der Waals surface area (Å²) >= 11 is 5.75. The zero-order valence-corrected chi connectivity index (χ0v) is 16.4. The van der Waals surface area contributed by atoms with E-state index in [9.17, 15) is 14.0 Å². The van der Waals surface area contributed by atoms with E-state index < -0.39 is 35.7 Å². The molecule has 2 amide bonds. The van der Waals surface area contributed by atoms with Gasteiger partial charge in [0.25, 0.3) is 5.91 Å². The Hall–Kier alpha value is -3.22. The van der Waals surface area contributed by atoms with Crippen LogP contribution in [0.3, 0.4) is 0 Å². The molecule has 3 atom stereocenters. The third kappa shape index (κ3) is 2.88. The van der Waals surface area contributed by atoms with E-state index in [-0.39, 0.29) is 10.7 Å². The molecule has 3 aromatic rings. The molecule has 150 valence electrons. The lowest BCUT2D eigenvalue weighted by molar-refractivity contribution is -0.126. The lowest BCUT2D eigenvalue weighted by Crippen LogP contribution is -2.37. The fourth-order valence-electron chi connectivity index (χ4n) is 4.08. The van der Waals surface area contributed by atoms with Crippen LogP contribution in [0.25, 0.3) is 0 Å². The van der Waals surface area contributed by atoms with E-state index in [1.165, 1.54) is 12.1 Å². The Kier molecular flexibility index (Phi) is 4.53. The number of hydrogen-bond acceptors (Lipinski definition) is 4. The largest absolute Gasteiger partial charge is 0.273 e. The molecule has 0 unspecified atom stereocenters. The first-order valence-electron chi connectivity index (χ1n) is 9.45. The molecule has 2 aliphatic rings. The number of hydrogen-bond donors (Lipinski definition) is 0. The molecule has 0 bridgehead atoms. The van der Waals surface area contributed by atoms with Gasteiger partial charge in [0.05, 0.1) is 22.4 Å². The van der Waals surface area contributed by atoms with Crippen LogP contribution in [0.2, 0.25) is 5.02 Å². The second-order valence-electron chi connectivity index (χ2n) is 7.18. The van der Waals surface area contributed by atoms with Gasteiger partial charge in [0, 0.05) is 0 Å². The second-order valence-corrected chi connectivity index (χ2v) is 7.59. The van der Waals surface area contributed by atoms with Crippen LogP contribution in [-0.2, 0) is 14.4 Å². The number of benzene rings is 3. The Labute approximate surface area is 177 Å². The fraction of sp³-hybridized carbons (Fsp3) is 0.130. The highest BCUT2D eigenvalue weighted by Crippen LogP contribution is 2.47. The van der Waals surface area contributed by atoms with E-state index in [2.05, 4.69) is 0 Å². The molecule has 7 heteroatoms. The summed E-state index contributed by atoms with van der Waals surface area (Å²) < 4.78 is 14.0. The van der Waals surface area contributed by atoms with Crippen LogP contribution in [0, 0.1) is 11.7 Å². The fourth-order valence-corrected chi connectivity index (χ4v) is 4.20. The molecule has 0 N–H and O–H groups in total. The average molecular weight is 423 g/mol. The first-order chi connectivity index (χ1) is 14.6. The number of imide groups is 1. The van der Waals surface area contributed by atoms with Gasteiger partial charge in [0.15, 0.2) is 6.10 Å². The number of para-hydroxylation sites is 1. The smallest absolute Gasteiger partial charge is 0.266 e. The van der Waals surface area contributed by atoms with Gasteiger partial charge in [-0.2, -0.15) is 0 Å². The van der Waals surface area contributed by atoms with Gasteiger partial charge in [-0.05, 0) is 35.9 Å². The number of hydroxylamine groups is 1. The van der Waals surface area contributed by atoms with Crippen molar-refractivity contribution in [1.29, 1.82) is 0 Å². The lowest BCUT2D eigenvalue weighted by atomic mass is 9.90. The van der Waals surface area contributed by atoms with Crippen LogP contribution in [0.4, 0.5) is 15.8 Å². The molecular formula is C23H16ClFN2O3. The average Bonchev–Trinajstić information content (AvgIpc) is 3.28. The Balaban J connectivity index is 1.58. The molecule has 0 spiro atoms. The quantitative estimate of drug-likeness (QED) is 0.582. The number of halogens is 2. The van der Waals surface area contributed by atoms with E-state index in [4.69, 9.17) is 16.4 Å². The summed E-state index contributed by atoms with van der Waals surface area (Å²) in [5, 5.41) is 1.55. The number of amides is 2. The Morgan fingerprint density at radius 2 is 1.50 bits per heavy atom. The van der Waals surface area contributed by atoms with Gasteiger partial charge in [-0.25, -0.2) is 14.4 Å². The van der Waals surface area contributed by atoms with Crippen molar-refractivity contribution < 1.29 is 18.8 Å². The summed E-state index contributed by atoms with van der Waals surface area (Å²) in [6.45, 7) is 0. The first kappa shape index (κ1) is 18.8. The van der Waals surface area contributed by atoms with Gasteiger partial charge in [-0.1, -0.05) is 60.1 Å². The zero-order valence-electron chi connectivity index (χ0n) is 15.6. The van der Waals surface area contributed by atoms with Gasteiger partial charge >= 0.3 is 0 Å². The third-order valence-corrected chi connectivity index (χ3v) is 5.74. The monoisotopic (exact) mass is 422 g/mol. The standard InChI is InChI=1S/C23H16ClFN2O3/c24-17-12-11-16(13-18(17)25)26-22(28)19-20(14-7-3-1-4-8-14)27(30-21(19)23(26)29)15-9-5-2-6-10-15/h1-13,19-21H/t19-,20+,21-/m0/s1. The van der Waals surface area contributed by atoms with Crippen molar-refractivity contribution in [1.82, 2.24) is 0 Å². The van der Waals surface area contributed by atoms with Crippen molar-refractivity contribution >= 4 is 34.8 Å². The normalized spacial score (nSPS) is 23.2. The Morgan fingerprint density at radius 3 is 2.17 bits per heavy atom. The maximum Gasteiger partial charge on any atom is 0.266 e. The molecule has 2 fully saturated rings. The predicted octanol–water partition coefficient (Wildman–Crippen LogP) is 4.53. The van der Waals surface area contributed by atoms with Crippen molar-refractivity contribution in [2.45, 2.75) is 12.1 Å². The van der Waals surface area contributed by atoms with Crippen molar-refractivity contribution in [3.05, 3.63) is 95.3 Å². The van der Waals surface area contributed by atoms with Crippen molar-refractivity contribution in [3.63, 3.8) is 0 Å². The molecule has 0 aromatic heterocycles. The van der Waals surface area contributed by atoms with Gasteiger partial charge < -0.3 is 0 Å². The van der Waals surface area contributed by atoms with E-state index in [0.717, 1.165) is 22.2 Å². The number of anilines is 2. The minimum absolute atomic E-state index is 0.0771. The van der Waals surface area contributed by atoms with E-state index in [0.29, 0.717) is 0 Å². The van der Waals surface area contributed by atoms with E-state index >= 15 is 0 Å². The predicted molar refractivity (Wildman–Crippen MR) is 110 cm³/mol. The molecule has 2 aliphatic heterocycles. The molecule has 2 saturated heterocycles. The lowest BCUT2D eigenvalue weighted by Gasteiger charge is -2.28. The summed E-state index contributed by atoms with van der Waals surface area (Å²) in [5.74, 6) is -2.41. The maximum absolute atomic E-state index is 14.0. The van der Waals surface area contributed by atoms with Gasteiger partial charge in [0.2, 0.25) is 5.91 Å². The molecule has 0 aliphatic carbocycles. The molecule has 30 heavy (non-hydrogen) atoms. The Bertz CT molecular complexity index is 1130. The maximum atomic E-state index is 14.0.